The highest BCUT2D eigenvalue weighted by molar-refractivity contribution is 6.04. The molecule has 12 nitrogen and oxygen atoms in total. The fraction of sp³-hybridized carbons (Fsp3) is 0.519. The Labute approximate surface area is 228 Å². The molecule has 1 aromatic rings. The first-order chi connectivity index (χ1) is 18.0. The van der Waals surface area contributed by atoms with Crippen molar-refractivity contribution in [1.82, 2.24) is 16.0 Å². The molecule has 1 aromatic carbocycles. The largest absolute Gasteiger partial charge is 0.487 e. The molecule has 0 fully saturated rings. The molecule has 0 saturated heterocycles. The molecule has 214 valence electrons. The minimum Gasteiger partial charge on any atom is -0.487 e. The number of aliphatic imine (C=N–C) groups is 1. The molecule has 0 spiro atoms. The van der Waals surface area contributed by atoms with Gasteiger partial charge >= 0.3 is 5.97 Å². The number of nitrogens with one attached hydrogen (secondary N) is 3. The summed E-state index contributed by atoms with van der Waals surface area (Å²) in [7, 11) is 0. The lowest BCUT2D eigenvalue weighted by Gasteiger charge is -2.21. The van der Waals surface area contributed by atoms with Gasteiger partial charge in [-0.05, 0) is 82.7 Å². The molecule has 0 unspecified atom stereocenters. The number of fused-ring (bicyclic) bond motifs is 1. The molecule has 0 aliphatic carbocycles. The van der Waals surface area contributed by atoms with Gasteiger partial charge in [0.25, 0.3) is 5.91 Å². The normalized spacial score (nSPS) is 15.3. The molecule has 2 atom stereocenters. The van der Waals surface area contributed by atoms with Crippen LogP contribution in [-0.4, -0.2) is 59.0 Å². The second-order valence-electron chi connectivity index (χ2n) is 10.4. The number of guanidine groups is 1. The van der Waals surface area contributed by atoms with Crippen LogP contribution in [-0.2, 0) is 25.6 Å². The molecule has 1 aliphatic heterocycles. The van der Waals surface area contributed by atoms with Gasteiger partial charge in [-0.3, -0.25) is 24.2 Å². The van der Waals surface area contributed by atoms with Gasteiger partial charge in [0.2, 0.25) is 11.8 Å². The number of hydrogen-bond donors (Lipinski definition) is 6. The third-order valence-corrected chi connectivity index (χ3v) is 6.57. The molecule has 1 heterocycles. The van der Waals surface area contributed by atoms with E-state index in [4.69, 9.17) is 16.2 Å². The summed E-state index contributed by atoms with van der Waals surface area (Å²) >= 11 is 0. The Hall–Kier alpha value is -4.09. The summed E-state index contributed by atoms with van der Waals surface area (Å²) in [5, 5.41) is 16.9. The maximum absolute atomic E-state index is 13.3. The van der Waals surface area contributed by atoms with Gasteiger partial charge in [0.05, 0.1) is 0 Å². The van der Waals surface area contributed by atoms with Gasteiger partial charge in [0.1, 0.15) is 29.1 Å². The van der Waals surface area contributed by atoms with Gasteiger partial charge in [-0.2, -0.15) is 0 Å². The van der Waals surface area contributed by atoms with Gasteiger partial charge in [0, 0.05) is 25.5 Å². The van der Waals surface area contributed by atoms with Crippen molar-refractivity contribution in [2.75, 3.05) is 6.54 Å². The topological polar surface area (TPSA) is 198 Å². The van der Waals surface area contributed by atoms with Gasteiger partial charge in [0.15, 0.2) is 5.96 Å². The first-order valence-electron chi connectivity index (χ1n) is 12.7. The van der Waals surface area contributed by atoms with Crippen LogP contribution in [0.15, 0.2) is 10.7 Å². The number of nitrogens with two attached hydrogens (primary N) is 2. The van der Waals surface area contributed by atoms with Gasteiger partial charge in [-0.15, -0.1) is 0 Å². The van der Waals surface area contributed by atoms with E-state index in [1.165, 1.54) is 19.9 Å². The van der Waals surface area contributed by atoms with Crippen LogP contribution >= 0.6 is 0 Å². The predicted octanol–water partition coefficient (Wildman–Crippen LogP) is 0.930. The molecule has 0 radical (unpaired) electrons. The maximum Gasteiger partial charge on any atom is 0.325 e. The van der Waals surface area contributed by atoms with E-state index in [0.29, 0.717) is 18.4 Å². The number of carboxylic acid groups (broad SMARTS) is 1. The van der Waals surface area contributed by atoms with Gasteiger partial charge in [-0.1, -0.05) is 0 Å². The maximum atomic E-state index is 13.3. The first-order valence-corrected chi connectivity index (χ1v) is 12.7. The fourth-order valence-electron chi connectivity index (χ4n) is 4.39. The molecule has 0 aromatic heterocycles. The standard InChI is InChI=1S/C27H40N6O6/c1-13-14(2)22-19(12-27(6,7)39-22)15(3)18(13)11-21(24(36)31-16(4)25(37)38)33-23(35)20(32-17(5)34)9-8-10-30-26(28)29/h11,16,20H,8-10,12H2,1-7H3,(H,31,36)(H,32,34)(H,33,35)(H,37,38)(H4,28,29,30)/b21-11-/t16-,20-/m0/s1. The Morgan fingerprint density at radius 3 is 2.31 bits per heavy atom. The second-order valence-corrected chi connectivity index (χ2v) is 10.4. The minimum absolute atomic E-state index is 0.0888. The zero-order valence-corrected chi connectivity index (χ0v) is 23.7. The molecular weight excluding hydrogens is 504 g/mol. The van der Waals surface area contributed by atoms with E-state index >= 15 is 0 Å². The van der Waals surface area contributed by atoms with Crippen molar-refractivity contribution in [3.05, 3.63) is 33.5 Å². The number of carboxylic acids is 1. The van der Waals surface area contributed by atoms with Crippen LogP contribution in [0.5, 0.6) is 5.75 Å². The van der Waals surface area contributed by atoms with Gasteiger partial charge < -0.3 is 37.3 Å². The number of nitrogens with zero attached hydrogens (tertiary/aromatic N) is 1. The highest BCUT2D eigenvalue weighted by atomic mass is 16.5. The van der Waals surface area contributed by atoms with Crippen LogP contribution in [0.25, 0.3) is 6.08 Å². The summed E-state index contributed by atoms with van der Waals surface area (Å²) in [6.45, 7) is 12.6. The Morgan fingerprint density at radius 2 is 1.74 bits per heavy atom. The molecule has 0 bridgehead atoms. The molecular formula is C27H40N6O6. The van der Waals surface area contributed by atoms with Crippen molar-refractivity contribution in [3.63, 3.8) is 0 Å². The molecule has 0 saturated carbocycles. The quantitative estimate of drug-likeness (QED) is 0.102. The molecule has 2 rings (SSSR count). The summed E-state index contributed by atoms with van der Waals surface area (Å²) in [4.78, 5) is 53.5. The highest BCUT2D eigenvalue weighted by Crippen LogP contribution is 2.43. The van der Waals surface area contributed by atoms with E-state index in [1.54, 1.807) is 0 Å². The molecule has 12 heteroatoms. The molecule has 8 N–H and O–H groups in total. The van der Waals surface area contributed by atoms with Crippen LogP contribution in [0.3, 0.4) is 0 Å². The van der Waals surface area contributed by atoms with Crippen LogP contribution in [0.4, 0.5) is 0 Å². The number of carbonyl (C=O) groups is 4. The number of amides is 3. The van der Waals surface area contributed by atoms with Crippen molar-refractivity contribution < 1.29 is 29.0 Å². The van der Waals surface area contributed by atoms with Crippen molar-refractivity contribution in [2.45, 2.75) is 85.4 Å². The first kappa shape index (κ1) is 31.1. The summed E-state index contributed by atoms with van der Waals surface area (Å²) in [5.41, 5.74) is 14.5. The lowest BCUT2D eigenvalue weighted by atomic mass is 9.89. The van der Waals surface area contributed by atoms with Crippen molar-refractivity contribution >= 4 is 35.7 Å². The van der Waals surface area contributed by atoms with E-state index in [0.717, 1.165) is 28.0 Å². The Kier molecular flexibility index (Phi) is 10.1. The summed E-state index contributed by atoms with van der Waals surface area (Å²) in [6.07, 6.45) is 2.79. The monoisotopic (exact) mass is 544 g/mol. The SMILES string of the molecule is CC(=O)N[C@@H](CCCN=C(N)N)C(=O)N/C(=C\c1c(C)c(C)c2c(c1C)CC(C)(C)O2)C(=O)N[C@@H](C)C(=O)O. The smallest absolute Gasteiger partial charge is 0.325 e. The van der Waals surface area contributed by atoms with E-state index < -0.39 is 35.8 Å². The molecule has 39 heavy (non-hydrogen) atoms. The lowest BCUT2D eigenvalue weighted by molar-refractivity contribution is -0.140. The fourth-order valence-corrected chi connectivity index (χ4v) is 4.39. The molecule has 1 aliphatic rings. The van der Waals surface area contributed by atoms with Crippen molar-refractivity contribution in [3.8, 4) is 5.75 Å². The number of carbonyl (C=O) groups excluding carboxylic acids is 3. The van der Waals surface area contributed by atoms with E-state index in [1.807, 2.05) is 34.6 Å². The zero-order chi connectivity index (χ0) is 29.7. The average molecular weight is 545 g/mol. The Morgan fingerprint density at radius 1 is 1.10 bits per heavy atom. The highest BCUT2D eigenvalue weighted by Gasteiger charge is 2.34. The predicted molar refractivity (Wildman–Crippen MR) is 148 cm³/mol. The van der Waals surface area contributed by atoms with E-state index in [2.05, 4.69) is 20.9 Å². The van der Waals surface area contributed by atoms with E-state index in [-0.39, 0.29) is 30.2 Å². The second kappa shape index (κ2) is 12.6. The van der Waals surface area contributed by atoms with Crippen molar-refractivity contribution in [2.24, 2.45) is 16.5 Å². The number of aliphatic carboxylic acids is 1. The van der Waals surface area contributed by atoms with Crippen molar-refractivity contribution in [1.29, 1.82) is 0 Å². The minimum atomic E-state index is -1.23. The summed E-state index contributed by atoms with van der Waals surface area (Å²) in [6, 6.07) is -2.19. The average Bonchev–Trinajstić information content (AvgIpc) is 3.16. The third kappa shape index (κ3) is 8.20. The lowest BCUT2D eigenvalue weighted by Crippen LogP contribution is -2.49. The number of hydrogen-bond acceptors (Lipinski definition) is 6. The van der Waals surface area contributed by atoms with E-state index in [9.17, 15) is 24.3 Å². The summed E-state index contributed by atoms with van der Waals surface area (Å²) < 4.78 is 6.17. The number of benzene rings is 1. The Bertz CT molecular complexity index is 1220. The zero-order valence-electron chi connectivity index (χ0n) is 23.7. The number of ether oxygens (including phenoxy) is 1. The van der Waals surface area contributed by atoms with Crippen LogP contribution in [0, 0.1) is 20.8 Å². The third-order valence-electron chi connectivity index (χ3n) is 6.57. The molecule has 3 amide bonds. The van der Waals surface area contributed by atoms with Crippen LogP contribution in [0.1, 0.15) is 68.4 Å². The number of rotatable bonds is 11. The van der Waals surface area contributed by atoms with Crippen LogP contribution in [0.2, 0.25) is 0 Å². The summed E-state index contributed by atoms with van der Waals surface area (Å²) in [5.74, 6) is -2.37. The van der Waals surface area contributed by atoms with Gasteiger partial charge in [-0.25, -0.2) is 0 Å². The Balaban J connectivity index is 2.51. The van der Waals surface area contributed by atoms with Crippen LogP contribution < -0.4 is 32.2 Å².